The Bertz CT molecular complexity index is 786. The van der Waals surface area contributed by atoms with E-state index in [9.17, 15) is 4.79 Å². The maximum absolute atomic E-state index is 12.1. The van der Waals surface area contributed by atoms with E-state index in [-0.39, 0.29) is 11.7 Å². The van der Waals surface area contributed by atoms with Gasteiger partial charge in [0.2, 0.25) is 0 Å². The lowest BCUT2D eigenvalue weighted by atomic mass is 10.2. The number of hydrogen-bond donors (Lipinski definition) is 2. The molecule has 0 radical (unpaired) electrons. The number of ether oxygens (including phenoxy) is 1. The van der Waals surface area contributed by atoms with Crippen LogP contribution in [0.4, 0.5) is 11.5 Å². The SMILES string of the molecule is C=NNN1CC(Oc2ccc(Nc3cc(Br)cn(C)c3=O)nc2)C1. The number of aryl methyl sites for hydroxylation is 1. The van der Waals surface area contributed by atoms with Crippen molar-refractivity contribution in [3.05, 3.63) is 45.4 Å². The normalized spacial score (nSPS) is 14.8. The predicted molar refractivity (Wildman–Crippen MR) is 95.6 cm³/mol. The van der Waals surface area contributed by atoms with E-state index in [1.165, 1.54) is 4.57 Å². The largest absolute Gasteiger partial charge is 0.486 e. The van der Waals surface area contributed by atoms with Gasteiger partial charge in [0, 0.05) is 24.4 Å². The van der Waals surface area contributed by atoms with E-state index in [1.807, 2.05) is 11.1 Å². The van der Waals surface area contributed by atoms with E-state index >= 15 is 0 Å². The van der Waals surface area contributed by atoms with Crippen molar-refractivity contribution in [2.24, 2.45) is 12.1 Å². The van der Waals surface area contributed by atoms with Crippen molar-refractivity contribution in [2.45, 2.75) is 6.10 Å². The van der Waals surface area contributed by atoms with Crippen LogP contribution in [0.25, 0.3) is 0 Å². The summed E-state index contributed by atoms with van der Waals surface area (Å²) in [7, 11) is 1.70. The highest BCUT2D eigenvalue weighted by molar-refractivity contribution is 9.10. The van der Waals surface area contributed by atoms with Crippen molar-refractivity contribution < 1.29 is 4.74 Å². The van der Waals surface area contributed by atoms with Gasteiger partial charge in [-0.15, -0.1) is 0 Å². The molecule has 1 aliphatic heterocycles. The molecule has 0 spiro atoms. The minimum Gasteiger partial charge on any atom is -0.486 e. The van der Waals surface area contributed by atoms with Gasteiger partial charge in [-0.2, -0.15) is 10.1 Å². The summed E-state index contributed by atoms with van der Waals surface area (Å²) in [6.45, 7) is 4.82. The van der Waals surface area contributed by atoms with Crippen LogP contribution < -0.4 is 21.1 Å². The molecule has 1 fully saturated rings. The highest BCUT2D eigenvalue weighted by Crippen LogP contribution is 2.20. The molecule has 9 heteroatoms. The van der Waals surface area contributed by atoms with E-state index < -0.39 is 0 Å². The lowest BCUT2D eigenvalue weighted by molar-refractivity contribution is -0.0149. The number of hydrazone groups is 1. The molecule has 8 nitrogen and oxygen atoms in total. The molecule has 0 unspecified atom stereocenters. The van der Waals surface area contributed by atoms with Gasteiger partial charge in [0.25, 0.3) is 5.56 Å². The standard InChI is InChI=1S/C15H17BrN6O2/c1-17-20-22-8-12(9-22)24-11-3-4-14(18-6-11)19-13-5-10(16)7-21(2)15(13)23/h3-7,12,20H,1,8-9H2,2H3,(H,18,19). The van der Waals surface area contributed by atoms with Gasteiger partial charge in [0.15, 0.2) is 0 Å². The second-order valence-electron chi connectivity index (χ2n) is 5.40. The molecule has 126 valence electrons. The zero-order chi connectivity index (χ0) is 17.1. The van der Waals surface area contributed by atoms with E-state index in [4.69, 9.17) is 4.74 Å². The van der Waals surface area contributed by atoms with E-state index in [1.54, 1.807) is 31.6 Å². The molecule has 2 aromatic heterocycles. The van der Waals surface area contributed by atoms with Crippen molar-refractivity contribution in [2.75, 3.05) is 18.4 Å². The molecule has 0 bridgehead atoms. The molecular weight excluding hydrogens is 376 g/mol. The number of halogens is 1. The van der Waals surface area contributed by atoms with Crippen molar-refractivity contribution in [1.82, 2.24) is 20.1 Å². The molecule has 24 heavy (non-hydrogen) atoms. The van der Waals surface area contributed by atoms with Gasteiger partial charge in [0.1, 0.15) is 23.4 Å². The lowest BCUT2D eigenvalue weighted by Gasteiger charge is -2.37. The summed E-state index contributed by atoms with van der Waals surface area (Å²) >= 11 is 3.37. The van der Waals surface area contributed by atoms with Crippen LogP contribution in [-0.2, 0) is 7.05 Å². The summed E-state index contributed by atoms with van der Waals surface area (Å²) in [5.74, 6) is 1.25. The van der Waals surface area contributed by atoms with Crippen LogP contribution in [0.5, 0.6) is 5.75 Å². The fourth-order valence-corrected chi connectivity index (χ4v) is 2.84. The Morgan fingerprint density at radius 3 is 2.92 bits per heavy atom. The Hall–Kier alpha value is -2.39. The van der Waals surface area contributed by atoms with Crippen LogP contribution in [0.1, 0.15) is 0 Å². The van der Waals surface area contributed by atoms with E-state index in [0.29, 0.717) is 17.3 Å². The third kappa shape index (κ3) is 3.74. The van der Waals surface area contributed by atoms with Crippen LogP contribution >= 0.6 is 15.9 Å². The van der Waals surface area contributed by atoms with Crippen LogP contribution in [0.15, 0.2) is 45.0 Å². The Balaban J connectivity index is 1.61. The maximum Gasteiger partial charge on any atom is 0.274 e. The highest BCUT2D eigenvalue weighted by atomic mass is 79.9. The first-order valence-corrected chi connectivity index (χ1v) is 8.06. The number of aromatic nitrogens is 2. The summed E-state index contributed by atoms with van der Waals surface area (Å²) in [5.41, 5.74) is 3.08. The zero-order valence-corrected chi connectivity index (χ0v) is 14.7. The molecule has 0 aromatic carbocycles. The number of nitrogens with zero attached hydrogens (tertiary/aromatic N) is 4. The molecular formula is C15H17BrN6O2. The number of nitrogens with one attached hydrogen (secondary N) is 2. The topological polar surface area (TPSA) is 83.8 Å². The van der Waals surface area contributed by atoms with Crippen molar-refractivity contribution in [3.8, 4) is 5.75 Å². The number of pyridine rings is 2. The molecule has 3 rings (SSSR count). The Morgan fingerprint density at radius 2 is 2.25 bits per heavy atom. The highest BCUT2D eigenvalue weighted by Gasteiger charge is 2.28. The van der Waals surface area contributed by atoms with Crippen LogP contribution in [0.3, 0.4) is 0 Å². The quantitative estimate of drug-likeness (QED) is 0.571. The van der Waals surface area contributed by atoms with Crippen LogP contribution in [0, 0.1) is 0 Å². The molecule has 1 aliphatic rings. The second kappa shape index (κ2) is 7.02. The summed E-state index contributed by atoms with van der Waals surface area (Å²) < 4.78 is 8.09. The van der Waals surface area contributed by atoms with Gasteiger partial charge in [0.05, 0.1) is 19.3 Å². The Kier molecular flexibility index (Phi) is 4.81. The first kappa shape index (κ1) is 16.5. The molecule has 1 saturated heterocycles. The van der Waals surface area contributed by atoms with Crippen LogP contribution in [0.2, 0.25) is 0 Å². The summed E-state index contributed by atoms with van der Waals surface area (Å²) in [5, 5.41) is 8.50. The molecule has 0 amide bonds. The molecule has 2 aromatic rings. The second-order valence-corrected chi connectivity index (χ2v) is 6.31. The summed E-state index contributed by atoms with van der Waals surface area (Å²) in [6.07, 6.45) is 3.43. The molecule has 0 saturated carbocycles. The minimum absolute atomic E-state index is 0.0947. The zero-order valence-electron chi connectivity index (χ0n) is 13.1. The molecule has 2 N–H and O–H groups in total. The number of hydrogen-bond acceptors (Lipinski definition) is 7. The first-order valence-electron chi connectivity index (χ1n) is 7.27. The van der Waals surface area contributed by atoms with Gasteiger partial charge >= 0.3 is 0 Å². The van der Waals surface area contributed by atoms with Crippen molar-refractivity contribution in [1.29, 1.82) is 0 Å². The monoisotopic (exact) mass is 392 g/mol. The molecule has 0 atom stereocenters. The molecule has 0 aliphatic carbocycles. The van der Waals surface area contributed by atoms with Gasteiger partial charge in [-0.1, -0.05) is 0 Å². The Labute approximate surface area is 147 Å². The van der Waals surface area contributed by atoms with Gasteiger partial charge in [-0.05, 0) is 34.1 Å². The predicted octanol–water partition coefficient (Wildman–Crippen LogP) is 1.47. The number of anilines is 2. The van der Waals surface area contributed by atoms with E-state index in [0.717, 1.165) is 17.6 Å². The summed E-state index contributed by atoms with van der Waals surface area (Å²) in [4.78, 5) is 16.4. The number of rotatable bonds is 6. The fraction of sp³-hybridized carbons (Fsp3) is 0.267. The van der Waals surface area contributed by atoms with Gasteiger partial charge in [-0.3, -0.25) is 4.79 Å². The van der Waals surface area contributed by atoms with Gasteiger partial charge < -0.3 is 14.6 Å². The lowest BCUT2D eigenvalue weighted by Crippen LogP contribution is -2.58. The van der Waals surface area contributed by atoms with E-state index in [2.05, 4.69) is 43.6 Å². The van der Waals surface area contributed by atoms with Gasteiger partial charge in [-0.25, -0.2) is 10.5 Å². The third-order valence-electron chi connectivity index (χ3n) is 3.51. The average Bonchev–Trinajstić information content (AvgIpc) is 2.52. The van der Waals surface area contributed by atoms with Crippen molar-refractivity contribution in [3.63, 3.8) is 0 Å². The minimum atomic E-state index is -0.127. The average molecular weight is 393 g/mol. The number of hydrazine groups is 1. The Morgan fingerprint density at radius 1 is 1.46 bits per heavy atom. The fourth-order valence-electron chi connectivity index (χ4n) is 2.31. The van der Waals surface area contributed by atoms with Crippen molar-refractivity contribution >= 4 is 34.2 Å². The smallest absolute Gasteiger partial charge is 0.274 e. The maximum atomic E-state index is 12.1. The first-order chi connectivity index (χ1) is 11.5. The third-order valence-corrected chi connectivity index (χ3v) is 3.95. The summed E-state index contributed by atoms with van der Waals surface area (Å²) in [6, 6.07) is 5.31. The van der Waals surface area contributed by atoms with Crippen LogP contribution in [-0.4, -0.2) is 40.5 Å². The molecule has 3 heterocycles.